The molecule has 1 heterocycles. The van der Waals surface area contributed by atoms with Gasteiger partial charge in [-0.1, -0.05) is 30.3 Å². The molecule has 8 heteroatoms. The van der Waals surface area contributed by atoms with E-state index in [2.05, 4.69) is 5.32 Å². The Balaban J connectivity index is 1.82. The van der Waals surface area contributed by atoms with Crippen molar-refractivity contribution in [3.63, 3.8) is 0 Å². The number of esters is 1. The van der Waals surface area contributed by atoms with E-state index in [0.29, 0.717) is 50.7 Å². The standard InChI is InChI=1S/C28H26N2O6/c1-5-36-28(32)19-11-7-9-13-22(19)30-27(31)20-16-23(29-21-12-8-6-10-18(20)21)17-14-24(33-2)26(35-4)25(15-17)34-3/h6-16H,5H2,1-4H3,(H,30,31). The highest BCUT2D eigenvalue weighted by atomic mass is 16.5. The number of methoxy groups -OCH3 is 3. The fourth-order valence-corrected chi connectivity index (χ4v) is 3.91. The highest BCUT2D eigenvalue weighted by Crippen LogP contribution is 2.41. The fraction of sp³-hybridized carbons (Fsp3) is 0.179. The first-order valence-corrected chi connectivity index (χ1v) is 11.3. The summed E-state index contributed by atoms with van der Waals surface area (Å²) in [5.74, 6) is 0.496. The van der Waals surface area contributed by atoms with Crippen molar-refractivity contribution in [1.82, 2.24) is 4.98 Å². The van der Waals surface area contributed by atoms with Gasteiger partial charge >= 0.3 is 5.97 Å². The fourth-order valence-electron chi connectivity index (χ4n) is 3.91. The monoisotopic (exact) mass is 486 g/mol. The Morgan fingerprint density at radius 3 is 2.17 bits per heavy atom. The second-order valence-corrected chi connectivity index (χ2v) is 7.71. The number of fused-ring (bicyclic) bond motifs is 1. The van der Waals surface area contributed by atoms with Gasteiger partial charge in [-0.2, -0.15) is 0 Å². The van der Waals surface area contributed by atoms with E-state index < -0.39 is 5.97 Å². The molecular formula is C28H26N2O6. The zero-order chi connectivity index (χ0) is 25.7. The first kappa shape index (κ1) is 24.5. The van der Waals surface area contributed by atoms with E-state index in [1.54, 1.807) is 49.4 Å². The van der Waals surface area contributed by atoms with E-state index in [0.717, 1.165) is 0 Å². The van der Waals surface area contributed by atoms with Crippen molar-refractivity contribution < 1.29 is 28.5 Å². The van der Waals surface area contributed by atoms with Crippen LogP contribution in [0.2, 0.25) is 0 Å². The van der Waals surface area contributed by atoms with Crippen molar-refractivity contribution in [2.24, 2.45) is 0 Å². The lowest BCUT2D eigenvalue weighted by molar-refractivity contribution is 0.0527. The third-order valence-electron chi connectivity index (χ3n) is 5.59. The predicted octanol–water partition coefficient (Wildman–Crippen LogP) is 5.36. The third-order valence-corrected chi connectivity index (χ3v) is 5.59. The molecule has 0 radical (unpaired) electrons. The molecule has 0 bridgehead atoms. The molecule has 4 rings (SSSR count). The van der Waals surface area contributed by atoms with E-state index in [1.165, 1.54) is 21.3 Å². The largest absolute Gasteiger partial charge is 0.493 e. The van der Waals surface area contributed by atoms with Crippen molar-refractivity contribution >= 4 is 28.5 Å². The number of anilines is 1. The minimum Gasteiger partial charge on any atom is -0.493 e. The predicted molar refractivity (Wildman–Crippen MR) is 137 cm³/mol. The average molecular weight is 487 g/mol. The van der Waals surface area contributed by atoms with Crippen LogP contribution in [0.3, 0.4) is 0 Å². The molecule has 184 valence electrons. The lowest BCUT2D eigenvalue weighted by Gasteiger charge is -2.15. The number of ether oxygens (including phenoxy) is 4. The molecule has 0 atom stereocenters. The van der Waals surface area contributed by atoms with Crippen LogP contribution in [0.15, 0.2) is 66.7 Å². The molecule has 1 aromatic heterocycles. The Morgan fingerprint density at radius 2 is 1.50 bits per heavy atom. The second kappa shape index (κ2) is 10.8. The van der Waals surface area contributed by atoms with Crippen molar-refractivity contribution in [3.8, 4) is 28.5 Å². The summed E-state index contributed by atoms with van der Waals surface area (Å²) in [7, 11) is 4.61. The molecule has 1 N–H and O–H groups in total. The van der Waals surface area contributed by atoms with Gasteiger partial charge in [0.25, 0.3) is 5.91 Å². The topological polar surface area (TPSA) is 96.0 Å². The van der Waals surface area contributed by atoms with E-state index in [1.807, 2.05) is 24.3 Å². The highest BCUT2D eigenvalue weighted by Gasteiger charge is 2.20. The molecule has 0 saturated heterocycles. The number of para-hydroxylation sites is 2. The molecule has 0 aliphatic rings. The molecule has 0 unspecified atom stereocenters. The zero-order valence-electron chi connectivity index (χ0n) is 20.5. The summed E-state index contributed by atoms with van der Waals surface area (Å²) >= 11 is 0. The first-order valence-electron chi connectivity index (χ1n) is 11.3. The summed E-state index contributed by atoms with van der Waals surface area (Å²) < 4.78 is 21.5. The van der Waals surface area contributed by atoms with Gasteiger partial charge in [0, 0.05) is 10.9 Å². The Labute approximate surface area is 208 Å². The van der Waals surface area contributed by atoms with Crippen LogP contribution in [0.1, 0.15) is 27.6 Å². The third kappa shape index (κ3) is 4.79. The summed E-state index contributed by atoms with van der Waals surface area (Å²) in [6.45, 7) is 1.96. The first-order chi connectivity index (χ1) is 17.5. The van der Waals surface area contributed by atoms with Crippen LogP contribution in [0.5, 0.6) is 17.2 Å². The van der Waals surface area contributed by atoms with Crippen LogP contribution in [0, 0.1) is 0 Å². The minimum absolute atomic E-state index is 0.230. The van der Waals surface area contributed by atoms with Crippen LogP contribution in [0.4, 0.5) is 5.69 Å². The van der Waals surface area contributed by atoms with Gasteiger partial charge in [0.2, 0.25) is 5.75 Å². The molecular weight excluding hydrogens is 460 g/mol. The number of hydrogen-bond acceptors (Lipinski definition) is 7. The summed E-state index contributed by atoms with van der Waals surface area (Å²) in [5.41, 5.74) is 2.87. The number of carbonyl (C=O) groups excluding carboxylic acids is 2. The lowest BCUT2D eigenvalue weighted by Crippen LogP contribution is -2.16. The molecule has 3 aromatic carbocycles. The SMILES string of the molecule is CCOC(=O)c1ccccc1NC(=O)c1cc(-c2cc(OC)c(OC)c(OC)c2)nc2ccccc12. The van der Waals surface area contributed by atoms with Gasteiger partial charge in [0.1, 0.15) is 0 Å². The van der Waals surface area contributed by atoms with E-state index >= 15 is 0 Å². The van der Waals surface area contributed by atoms with Crippen molar-refractivity contribution in [2.45, 2.75) is 6.92 Å². The smallest absolute Gasteiger partial charge is 0.340 e. The quantitative estimate of drug-likeness (QED) is 0.335. The number of hydrogen-bond donors (Lipinski definition) is 1. The Morgan fingerprint density at radius 1 is 0.833 bits per heavy atom. The zero-order valence-corrected chi connectivity index (χ0v) is 20.5. The van der Waals surface area contributed by atoms with Gasteiger partial charge in [-0.25, -0.2) is 9.78 Å². The Bertz CT molecular complexity index is 1410. The number of pyridine rings is 1. The maximum Gasteiger partial charge on any atom is 0.340 e. The minimum atomic E-state index is -0.508. The van der Waals surface area contributed by atoms with E-state index in [-0.39, 0.29) is 18.1 Å². The molecule has 36 heavy (non-hydrogen) atoms. The number of benzene rings is 3. The van der Waals surface area contributed by atoms with Gasteiger partial charge in [-0.05, 0) is 43.3 Å². The number of carbonyl (C=O) groups is 2. The van der Waals surface area contributed by atoms with Gasteiger partial charge in [-0.3, -0.25) is 4.79 Å². The highest BCUT2D eigenvalue weighted by molar-refractivity contribution is 6.14. The number of nitrogens with zero attached hydrogens (tertiary/aromatic N) is 1. The molecule has 1 amide bonds. The molecule has 0 aliphatic heterocycles. The van der Waals surface area contributed by atoms with Crippen LogP contribution in [0.25, 0.3) is 22.2 Å². The number of nitrogens with one attached hydrogen (secondary N) is 1. The summed E-state index contributed by atoms with van der Waals surface area (Å²) in [4.78, 5) is 30.7. The molecule has 4 aromatic rings. The number of rotatable bonds is 8. The number of aromatic nitrogens is 1. The van der Waals surface area contributed by atoms with Crippen molar-refractivity contribution in [3.05, 3.63) is 77.9 Å². The van der Waals surface area contributed by atoms with Gasteiger partial charge in [0.15, 0.2) is 11.5 Å². The van der Waals surface area contributed by atoms with Gasteiger partial charge < -0.3 is 24.3 Å². The molecule has 0 fully saturated rings. The van der Waals surface area contributed by atoms with E-state index in [9.17, 15) is 9.59 Å². The van der Waals surface area contributed by atoms with Crippen LogP contribution in [-0.2, 0) is 4.74 Å². The van der Waals surface area contributed by atoms with Gasteiger partial charge in [0.05, 0.1) is 56.0 Å². The van der Waals surface area contributed by atoms with Crippen molar-refractivity contribution in [2.75, 3.05) is 33.3 Å². The second-order valence-electron chi connectivity index (χ2n) is 7.71. The maximum atomic E-state index is 13.5. The Kier molecular flexibility index (Phi) is 7.34. The Hall–Kier alpha value is -4.59. The van der Waals surface area contributed by atoms with Crippen LogP contribution < -0.4 is 19.5 Å². The summed E-state index contributed by atoms with van der Waals surface area (Å²) in [5, 5.41) is 3.53. The molecule has 0 aliphatic carbocycles. The normalized spacial score (nSPS) is 10.6. The van der Waals surface area contributed by atoms with Crippen LogP contribution >= 0.6 is 0 Å². The maximum absolute atomic E-state index is 13.5. The van der Waals surface area contributed by atoms with Crippen LogP contribution in [-0.4, -0.2) is 44.8 Å². The van der Waals surface area contributed by atoms with E-state index in [4.69, 9.17) is 23.9 Å². The van der Waals surface area contributed by atoms with Crippen molar-refractivity contribution in [1.29, 1.82) is 0 Å². The molecule has 0 spiro atoms. The van der Waals surface area contributed by atoms with Gasteiger partial charge in [-0.15, -0.1) is 0 Å². The number of amides is 1. The summed E-state index contributed by atoms with van der Waals surface area (Å²) in [6, 6.07) is 19.3. The molecule has 8 nitrogen and oxygen atoms in total. The average Bonchev–Trinajstić information content (AvgIpc) is 2.91. The molecule has 0 saturated carbocycles. The summed E-state index contributed by atoms with van der Waals surface area (Å²) in [6.07, 6.45) is 0. The lowest BCUT2D eigenvalue weighted by atomic mass is 10.0.